The minimum absolute atomic E-state index is 0.0115. The van der Waals surface area contributed by atoms with Crippen molar-refractivity contribution in [3.63, 3.8) is 0 Å². The summed E-state index contributed by atoms with van der Waals surface area (Å²) in [5, 5.41) is 21.3. The normalized spacial score (nSPS) is 20.3. The molecule has 0 bridgehead atoms. The SMILES string of the molecule is Cc1cnnn1-c1ccccc1CNc1ncc(C(F)(F)F)c(C[C@@H]2CC[C@@H](O)C(C)(C)C2)n1. The summed E-state index contributed by atoms with van der Waals surface area (Å²) in [6.07, 6.45) is -0.383. The van der Waals surface area contributed by atoms with Gasteiger partial charge in [0.1, 0.15) is 0 Å². The van der Waals surface area contributed by atoms with Gasteiger partial charge in [-0.05, 0) is 55.6 Å². The van der Waals surface area contributed by atoms with Crippen molar-refractivity contribution >= 4 is 5.95 Å². The zero-order chi connectivity index (χ0) is 24.5. The Morgan fingerprint density at radius 1 is 1.18 bits per heavy atom. The van der Waals surface area contributed by atoms with Gasteiger partial charge in [-0.2, -0.15) is 13.2 Å². The van der Waals surface area contributed by atoms with Crippen molar-refractivity contribution in [1.82, 2.24) is 25.0 Å². The molecule has 2 heterocycles. The fourth-order valence-electron chi connectivity index (χ4n) is 4.67. The molecule has 0 amide bonds. The predicted octanol–water partition coefficient (Wildman–Crippen LogP) is 4.73. The molecule has 3 aromatic rings. The molecule has 1 aromatic carbocycles. The quantitative estimate of drug-likeness (QED) is 0.537. The molecule has 0 radical (unpaired) electrons. The third kappa shape index (κ3) is 5.22. The van der Waals surface area contributed by atoms with E-state index in [1.165, 1.54) is 0 Å². The Bertz CT molecular complexity index is 1140. The fraction of sp³-hybridized carbons (Fsp3) is 0.500. The number of halogens is 3. The van der Waals surface area contributed by atoms with Crippen LogP contribution in [-0.2, 0) is 19.1 Å². The topological polar surface area (TPSA) is 88.8 Å². The Labute approximate surface area is 196 Å². The van der Waals surface area contributed by atoms with Gasteiger partial charge in [-0.15, -0.1) is 5.10 Å². The highest BCUT2D eigenvalue weighted by Gasteiger charge is 2.39. The lowest BCUT2D eigenvalue weighted by Crippen LogP contribution is -2.37. The lowest BCUT2D eigenvalue weighted by atomic mass is 9.69. The van der Waals surface area contributed by atoms with Crippen molar-refractivity contribution in [2.45, 2.75) is 65.3 Å². The Balaban J connectivity index is 1.56. The average Bonchev–Trinajstić information content (AvgIpc) is 3.20. The van der Waals surface area contributed by atoms with Crippen molar-refractivity contribution in [3.8, 4) is 5.69 Å². The van der Waals surface area contributed by atoms with E-state index >= 15 is 0 Å². The number of aliphatic hydroxyl groups is 1. The first-order valence-corrected chi connectivity index (χ1v) is 11.4. The molecule has 0 unspecified atom stereocenters. The van der Waals surface area contributed by atoms with Crippen molar-refractivity contribution in [2.75, 3.05) is 5.32 Å². The van der Waals surface area contributed by atoms with Gasteiger partial charge in [-0.1, -0.05) is 37.3 Å². The smallest absolute Gasteiger partial charge is 0.393 e. The number of rotatable bonds is 6. The van der Waals surface area contributed by atoms with Gasteiger partial charge < -0.3 is 10.4 Å². The van der Waals surface area contributed by atoms with Gasteiger partial charge in [0.25, 0.3) is 0 Å². The summed E-state index contributed by atoms with van der Waals surface area (Å²) in [5.74, 6) is 0.154. The molecule has 1 aliphatic rings. The number of nitrogens with one attached hydrogen (secondary N) is 1. The highest BCUT2D eigenvalue weighted by molar-refractivity contribution is 5.43. The molecular weight excluding hydrogens is 445 g/mol. The number of alkyl halides is 3. The first-order valence-electron chi connectivity index (χ1n) is 11.4. The molecule has 1 fully saturated rings. The predicted molar refractivity (Wildman–Crippen MR) is 121 cm³/mol. The van der Waals surface area contributed by atoms with Crippen molar-refractivity contribution in [3.05, 3.63) is 59.2 Å². The lowest BCUT2D eigenvalue weighted by molar-refractivity contribution is -0.138. The molecule has 2 atom stereocenters. The lowest BCUT2D eigenvalue weighted by Gasteiger charge is -2.39. The second-order valence-electron chi connectivity index (χ2n) is 9.68. The second-order valence-corrected chi connectivity index (χ2v) is 9.68. The van der Waals surface area contributed by atoms with E-state index in [1.807, 2.05) is 45.0 Å². The average molecular weight is 475 g/mol. The summed E-state index contributed by atoms with van der Waals surface area (Å²) in [7, 11) is 0. The summed E-state index contributed by atoms with van der Waals surface area (Å²) in [6.45, 7) is 6.11. The number of benzene rings is 1. The van der Waals surface area contributed by atoms with Crippen LogP contribution >= 0.6 is 0 Å². The van der Waals surface area contributed by atoms with Gasteiger partial charge in [0, 0.05) is 12.7 Å². The van der Waals surface area contributed by atoms with E-state index in [1.54, 1.807) is 10.9 Å². The third-order valence-corrected chi connectivity index (χ3v) is 6.60. The molecule has 34 heavy (non-hydrogen) atoms. The number of anilines is 1. The maximum atomic E-state index is 13.7. The summed E-state index contributed by atoms with van der Waals surface area (Å²) in [4.78, 5) is 8.23. The number of nitrogens with zero attached hydrogens (tertiary/aromatic N) is 5. The third-order valence-electron chi connectivity index (χ3n) is 6.60. The fourth-order valence-corrected chi connectivity index (χ4v) is 4.67. The summed E-state index contributed by atoms with van der Waals surface area (Å²) in [6, 6.07) is 7.57. The van der Waals surface area contributed by atoms with Crippen LogP contribution in [0.4, 0.5) is 19.1 Å². The van der Waals surface area contributed by atoms with Crippen molar-refractivity contribution < 1.29 is 18.3 Å². The van der Waals surface area contributed by atoms with E-state index in [2.05, 4.69) is 25.6 Å². The number of aliphatic hydroxyl groups excluding tert-OH is 1. The van der Waals surface area contributed by atoms with Crippen LogP contribution in [0.25, 0.3) is 5.69 Å². The van der Waals surface area contributed by atoms with Crippen molar-refractivity contribution in [1.29, 1.82) is 0 Å². The first kappa shape index (κ1) is 24.1. The van der Waals surface area contributed by atoms with Gasteiger partial charge in [-0.3, -0.25) is 0 Å². The number of aromatic nitrogens is 5. The Morgan fingerprint density at radius 3 is 2.62 bits per heavy atom. The van der Waals surface area contributed by atoms with Crippen LogP contribution in [0.15, 0.2) is 36.7 Å². The molecule has 0 aliphatic heterocycles. The van der Waals surface area contributed by atoms with Gasteiger partial charge >= 0.3 is 6.18 Å². The van der Waals surface area contributed by atoms with E-state index < -0.39 is 17.8 Å². The highest BCUT2D eigenvalue weighted by atomic mass is 19.4. The van der Waals surface area contributed by atoms with Gasteiger partial charge in [0.15, 0.2) is 0 Å². The maximum absolute atomic E-state index is 13.7. The largest absolute Gasteiger partial charge is 0.419 e. The van der Waals surface area contributed by atoms with E-state index in [0.29, 0.717) is 25.8 Å². The van der Waals surface area contributed by atoms with Gasteiger partial charge in [-0.25, -0.2) is 14.6 Å². The maximum Gasteiger partial charge on any atom is 0.419 e. The van der Waals surface area contributed by atoms with Crippen LogP contribution < -0.4 is 5.32 Å². The Kier molecular flexibility index (Phi) is 6.62. The Hall–Kier alpha value is -3.01. The molecule has 2 aromatic heterocycles. The van der Waals surface area contributed by atoms with Crippen LogP contribution in [0, 0.1) is 18.3 Å². The van der Waals surface area contributed by atoms with E-state index in [4.69, 9.17) is 0 Å². The minimum atomic E-state index is -4.53. The molecule has 7 nitrogen and oxygen atoms in total. The zero-order valence-corrected chi connectivity index (χ0v) is 19.5. The van der Waals surface area contributed by atoms with Crippen LogP contribution in [0.3, 0.4) is 0 Å². The number of hydrogen-bond acceptors (Lipinski definition) is 6. The highest BCUT2D eigenvalue weighted by Crippen LogP contribution is 2.41. The van der Waals surface area contributed by atoms with Crippen molar-refractivity contribution in [2.24, 2.45) is 11.3 Å². The van der Waals surface area contributed by atoms with Crippen LogP contribution in [0.2, 0.25) is 0 Å². The molecular formula is C24H29F3N6O. The van der Waals surface area contributed by atoms with Gasteiger partial charge in [0.2, 0.25) is 5.95 Å². The molecule has 1 aliphatic carbocycles. The second kappa shape index (κ2) is 9.32. The molecule has 182 valence electrons. The molecule has 10 heteroatoms. The molecule has 4 rings (SSSR count). The standard InChI is InChI=1S/C24H29F3N6O/c1-15-12-30-32-33(15)20-7-5-4-6-17(20)13-28-22-29-14-18(24(25,26)27)19(31-22)10-16-8-9-21(34)23(2,3)11-16/h4-7,12,14,16,21,34H,8-11,13H2,1-3H3,(H,28,29,31)/t16-,21+/m0/s1. The monoisotopic (exact) mass is 474 g/mol. The molecule has 2 N–H and O–H groups in total. The molecule has 1 saturated carbocycles. The number of aryl methyl sites for hydroxylation is 1. The van der Waals surface area contributed by atoms with E-state index in [-0.39, 0.29) is 29.4 Å². The van der Waals surface area contributed by atoms with Crippen LogP contribution in [0.5, 0.6) is 0 Å². The molecule has 0 spiro atoms. The van der Waals surface area contributed by atoms with Gasteiger partial charge in [0.05, 0.1) is 34.9 Å². The number of hydrogen-bond donors (Lipinski definition) is 2. The first-order chi connectivity index (χ1) is 16.0. The summed E-state index contributed by atoms with van der Waals surface area (Å²) < 4.78 is 42.8. The minimum Gasteiger partial charge on any atom is -0.393 e. The van der Waals surface area contributed by atoms with E-state index in [9.17, 15) is 18.3 Å². The summed E-state index contributed by atoms with van der Waals surface area (Å²) >= 11 is 0. The molecule has 0 saturated heterocycles. The number of para-hydroxylation sites is 1. The zero-order valence-electron chi connectivity index (χ0n) is 19.5. The summed E-state index contributed by atoms with van der Waals surface area (Å²) in [5.41, 5.74) is 1.41. The van der Waals surface area contributed by atoms with Crippen LogP contribution in [-0.4, -0.2) is 36.2 Å². The van der Waals surface area contributed by atoms with E-state index in [0.717, 1.165) is 23.1 Å². The van der Waals surface area contributed by atoms with Crippen LogP contribution in [0.1, 0.15) is 55.6 Å². The Morgan fingerprint density at radius 2 is 1.94 bits per heavy atom.